The summed E-state index contributed by atoms with van der Waals surface area (Å²) in [5, 5.41) is 104. The van der Waals surface area contributed by atoms with E-state index < -0.39 is 43.6 Å². The number of nitrogens with two attached hydrogens (primary N) is 3. The maximum atomic E-state index is 10.9. The zero-order valence-corrected chi connectivity index (χ0v) is 52.1. The number of nitrogen functional groups attached to an aromatic ring is 3. The number of nitro benzene ring substituents is 3. The highest BCUT2D eigenvalue weighted by Gasteiger charge is 2.29. The van der Waals surface area contributed by atoms with Crippen LogP contribution in [0, 0.1) is 48.1 Å². The predicted octanol–water partition coefficient (Wildman–Crippen LogP) is 7.68. The number of phenolic OH excluding ortho intramolecular Hbond substituents is 2. The van der Waals surface area contributed by atoms with Crippen LogP contribution in [0.25, 0.3) is 11.0 Å². The number of anilines is 3. The van der Waals surface area contributed by atoms with Gasteiger partial charge in [0.2, 0.25) is 11.8 Å². The van der Waals surface area contributed by atoms with Gasteiger partial charge in [-0.25, -0.2) is 9.78 Å². The van der Waals surface area contributed by atoms with E-state index in [9.17, 15) is 63.7 Å². The summed E-state index contributed by atoms with van der Waals surface area (Å²) < 4.78 is 38.0. The molecule has 6 unspecified atom stereocenters. The number of ether oxygens (including phenoxy) is 2. The predicted molar refractivity (Wildman–Crippen MR) is 330 cm³/mol. The number of nitro groups is 3. The molecule has 90 heavy (non-hydrogen) atoms. The molecule has 1 aromatic heterocycles. The number of nitrogens with zero attached hydrogens (tertiary/aromatic N) is 5. The lowest BCUT2D eigenvalue weighted by Gasteiger charge is -2.27. The number of hydrogen-bond donors (Lipinski definition) is 12. The van der Waals surface area contributed by atoms with Gasteiger partial charge in [0.25, 0.3) is 27.2 Å². The fraction of sp³-hybridized carbons (Fsp3) is 0.481. The average molecular weight is 1370 g/mol. The van der Waals surface area contributed by atoms with Crippen molar-refractivity contribution in [2.24, 2.45) is 17.8 Å². The molecule has 9 rings (SSSR count). The van der Waals surface area contributed by atoms with E-state index in [2.05, 4.69) is 14.2 Å². The molecule has 1 saturated heterocycles. The third kappa shape index (κ3) is 25.9. The van der Waals surface area contributed by atoms with Gasteiger partial charge in [0.1, 0.15) is 41.8 Å². The average Bonchev–Trinajstić information content (AvgIpc) is 1.85. The third-order valence-corrected chi connectivity index (χ3v) is 15.3. The van der Waals surface area contributed by atoms with E-state index in [-0.39, 0.29) is 136 Å². The van der Waals surface area contributed by atoms with E-state index in [0.29, 0.717) is 33.1 Å². The number of aromatic hydroxyl groups is 2. The van der Waals surface area contributed by atoms with Crippen molar-refractivity contribution in [1.29, 1.82) is 0 Å². The fourth-order valence-electron chi connectivity index (χ4n) is 8.88. The summed E-state index contributed by atoms with van der Waals surface area (Å²) in [5.41, 5.74) is 16.1. The Kier molecular flexibility index (Phi) is 32.2. The zero-order chi connectivity index (χ0) is 67.6. The van der Waals surface area contributed by atoms with Crippen LogP contribution in [0.1, 0.15) is 95.7 Å². The topological polar surface area (TPSA) is 514 Å². The summed E-state index contributed by atoms with van der Waals surface area (Å²) in [7, 11) is -3.36. The van der Waals surface area contributed by atoms with Crippen molar-refractivity contribution in [3.05, 3.63) is 106 Å². The fourth-order valence-corrected chi connectivity index (χ4v) is 10.1. The van der Waals surface area contributed by atoms with E-state index in [1.54, 1.807) is 12.1 Å². The number of benzene rings is 4. The number of aromatic nitrogens is 2. The first kappa shape index (κ1) is 76.9. The number of rotatable bonds is 14. The van der Waals surface area contributed by atoms with Crippen molar-refractivity contribution in [3.63, 3.8) is 0 Å². The molecule has 6 atom stereocenters. The van der Waals surface area contributed by atoms with Crippen LogP contribution in [0.5, 0.6) is 23.0 Å². The lowest BCUT2D eigenvalue weighted by Crippen LogP contribution is -2.29. The number of phenols is 2. The smallest absolute Gasteiger partial charge is 0.329 e. The number of aliphatic carboxylic acids is 1. The van der Waals surface area contributed by atoms with Crippen LogP contribution in [0.4, 0.5) is 34.1 Å². The van der Waals surface area contributed by atoms with Crippen molar-refractivity contribution in [2.75, 3.05) is 49.9 Å². The molecule has 3 aliphatic carbocycles. The Bertz CT molecular complexity index is 3340. The monoisotopic (exact) mass is 1370 g/mol. The molecule has 0 radical (unpaired) electrons. The number of carboxylic acid groups (broad SMARTS) is 1. The van der Waals surface area contributed by atoms with Crippen LogP contribution >= 0.6 is 46.6 Å². The highest BCUT2D eigenvalue weighted by molar-refractivity contribution is 7.86. The number of amides is 2. The Labute approximate surface area is 534 Å². The molecule has 498 valence electrons. The van der Waals surface area contributed by atoms with Gasteiger partial charge in [0.05, 0.1) is 74.7 Å². The number of para-hydroxylation sites is 1. The number of aliphatic hydroxyl groups is 5. The van der Waals surface area contributed by atoms with Gasteiger partial charge >= 0.3 is 5.97 Å². The molecular weight excluding hydrogens is 1300 g/mol. The molecular formula is C54H71Cl4N9O22S. The molecule has 4 aromatic carbocycles. The lowest BCUT2D eigenvalue weighted by molar-refractivity contribution is -0.384. The number of carboxylic acids is 1. The summed E-state index contributed by atoms with van der Waals surface area (Å²) in [6.45, 7) is -0.0755. The van der Waals surface area contributed by atoms with E-state index in [4.69, 9.17) is 104 Å². The molecule has 3 saturated carbocycles. The van der Waals surface area contributed by atoms with Gasteiger partial charge in [0, 0.05) is 83.8 Å². The van der Waals surface area contributed by atoms with E-state index in [1.807, 2.05) is 0 Å². The zero-order valence-electron chi connectivity index (χ0n) is 48.3. The minimum Gasteiger partial charge on any atom is -0.506 e. The van der Waals surface area contributed by atoms with Crippen LogP contribution in [0.3, 0.4) is 0 Å². The molecule has 4 aliphatic rings. The quantitative estimate of drug-likeness (QED) is 0.00964. The molecule has 5 aromatic rings. The SMILES string of the molecule is CS(=O)(=O)OCC1CCCCC1O.Nc1c(O)cc(Cl)cc1[N+](=O)[O-].Nc1c(O)cccc1[N+](=O)[O-].Nc1c(OCC2CCCCC2O)cc(Cl)cc1[N+](=O)[O-].O=C(O)CO.O=C1CCC(=O)N1Cl.OCc1nc2c(OCC3CCCCC3O)cc(Cl)cc2[nH]1. The van der Waals surface area contributed by atoms with Gasteiger partial charge in [-0.2, -0.15) is 12.8 Å². The molecule has 0 spiro atoms. The van der Waals surface area contributed by atoms with Crippen LogP contribution in [0.15, 0.2) is 54.6 Å². The standard InChI is InChI=1S/C15H19ClN2O3.C13H17ClN2O4.C8H16O4S.C6H5ClN2O3.C6H6N2O3.C4H4ClNO2.C2H4O3/c16-10-5-11-15(18-14(7-19)17-11)13(6-10)21-8-9-3-1-2-4-12(9)20;14-9-5-10(16(18)19)13(15)12(6-9)20-7-8-3-1-2-4-11(8)17;1-13(10,11)12-6-7-4-2-3-5-8(7)9;7-3-1-4(9(11)12)6(8)5(10)2-3;7-6-4(8(10)11)2-1-3-5(6)9;5-6-3(7)1-2-4(6)8;3-1-2(4)5/h5-6,9,12,19-20H,1-4,7-8H2,(H,17,18);5-6,8,11,17H,1-4,7,15H2;7-9H,2-6H2,1H3;1-2,10H,8H2;1-3,9H,7H2;1-2H2;3H,1H2,(H,4,5). The lowest BCUT2D eigenvalue weighted by atomic mass is 9.87. The van der Waals surface area contributed by atoms with E-state index >= 15 is 0 Å². The Morgan fingerprint density at radius 3 is 1.48 bits per heavy atom. The van der Waals surface area contributed by atoms with Gasteiger partial charge in [0.15, 0.2) is 22.8 Å². The Hall–Kier alpha value is -7.37. The number of halogens is 4. The number of H-pyrrole nitrogens is 1. The van der Waals surface area contributed by atoms with Crippen LogP contribution in [-0.2, 0) is 35.3 Å². The number of carbonyl (C=O) groups is 3. The summed E-state index contributed by atoms with van der Waals surface area (Å²) in [6.07, 6.45) is 11.9. The van der Waals surface area contributed by atoms with Crippen molar-refractivity contribution < 1.29 is 92.1 Å². The number of aliphatic hydroxyl groups excluding tert-OH is 5. The maximum absolute atomic E-state index is 10.9. The van der Waals surface area contributed by atoms with Gasteiger partial charge < -0.3 is 72.5 Å². The number of imidazole rings is 1. The highest BCUT2D eigenvalue weighted by atomic mass is 35.5. The molecule has 36 heteroatoms. The van der Waals surface area contributed by atoms with E-state index in [0.717, 1.165) is 101 Å². The van der Waals surface area contributed by atoms with Crippen LogP contribution in [-0.4, -0.2) is 147 Å². The second kappa shape index (κ2) is 37.7. The van der Waals surface area contributed by atoms with Gasteiger partial charge in [-0.15, -0.1) is 0 Å². The van der Waals surface area contributed by atoms with E-state index in [1.165, 1.54) is 30.3 Å². The summed E-state index contributed by atoms with van der Waals surface area (Å²) in [6, 6.07) is 12.2. The number of fused-ring (bicyclic) bond motifs is 1. The first-order chi connectivity index (χ1) is 42.3. The van der Waals surface area contributed by atoms with Crippen LogP contribution < -0.4 is 26.7 Å². The molecule has 1 aliphatic heterocycles. The van der Waals surface area contributed by atoms with Gasteiger partial charge in [-0.3, -0.25) is 44.1 Å². The number of hydrogen-bond acceptors (Lipinski definition) is 25. The number of nitrogens with one attached hydrogen (secondary N) is 1. The molecule has 0 bridgehead atoms. The highest BCUT2D eigenvalue weighted by Crippen LogP contribution is 2.38. The van der Waals surface area contributed by atoms with Crippen molar-refractivity contribution in [3.8, 4) is 23.0 Å². The van der Waals surface area contributed by atoms with Gasteiger partial charge in [-0.05, 0) is 50.7 Å². The molecule has 2 amide bonds. The first-order valence-electron chi connectivity index (χ1n) is 27.4. The first-order valence-corrected chi connectivity index (χ1v) is 30.7. The normalized spacial score (nSPS) is 19.3. The second-order valence-electron chi connectivity index (χ2n) is 20.4. The maximum Gasteiger partial charge on any atom is 0.329 e. The van der Waals surface area contributed by atoms with Crippen molar-refractivity contribution in [2.45, 2.75) is 115 Å². The largest absolute Gasteiger partial charge is 0.506 e. The van der Waals surface area contributed by atoms with Crippen LogP contribution in [0.2, 0.25) is 15.1 Å². The second-order valence-corrected chi connectivity index (χ2v) is 23.7. The van der Waals surface area contributed by atoms with Crippen molar-refractivity contribution in [1.82, 2.24) is 14.4 Å². The Balaban J connectivity index is 0.000000285. The number of imide groups is 1. The minimum absolute atomic E-state index is 0.0107. The molecule has 4 fully saturated rings. The third-order valence-electron chi connectivity index (χ3n) is 13.7. The molecule has 15 N–H and O–H groups in total. The molecule has 31 nitrogen and oxygen atoms in total. The number of aromatic amines is 1. The van der Waals surface area contributed by atoms with Gasteiger partial charge in [-0.1, -0.05) is 79.4 Å². The van der Waals surface area contributed by atoms with Crippen molar-refractivity contribution >= 4 is 120 Å². The molecule has 2 heterocycles. The minimum atomic E-state index is -3.36. The Morgan fingerprint density at radius 2 is 1.07 bits per heavy atom. The summed E-state index contributed by atoms with van der Waals surface area (Å²) in [5.74, 6) is -0.983. The summed E-state index contributed by atoms with van der Waals surface area (Å²) >= 11 is 22.5. The number of carbonyl (C=O) groups excluding carboxylic acids is 2. The Morgan fingerprint density at radius 1 is 0.656 bits per heavy atom. The summed E-state index contributed by atoms with van der Waals surface area (Å²) in [4.78, 5) is 66.5.